The van der Waals surface area contributed by atoms with Crippen molar-refractivity contribution in [1.29, 1.82) is 0 Å². The average Bonchev–Trinajstić information content (AvgIpc) is 2.44. The topological polar surface area (TPSA) is 39.9 Å². The molecule has 25 heavy (non-hydrogen) atoms. The van der Waals surface area contributed by atoms with Crippen molar-refractivity contribution in [3.8, 4) is 0 Å². The van der Waals surface area contributed by atoms with Gasteiger partial charge in [0.2, 0.25) is 6.54 Å². The van der Waals surface area contributed by atoms with Gasteiger partial charge in [-0.1, -0.05) is 6.08 Å². The molecule has 1 saturated heterocycles. The van der Waals surface area contributed by atoms with E-state index in [2.05, 4.69) is 40.7 Å². The molecule has 2 bridgehead atoms. The third-order valence-electron chi connectivity index (χ3n) is 6.15. The number of piperazine rings is 1. The molecule has 0 radical (unpaired) electrons. The zero-order valence-electron chi connectivity index (χ0n) is 15.9. The smallest absolute Gasteiger partial charge is 0.231 e. The minimum absolute atomic E-state index is 0.115. The van der Waals surface area contributed by atoms with E-state index >= 15 is 0 Å². The molecule has 0 unspecified atom stereocenters. The van der Waals surface area contributed by atoms with E-state index < -0.39 is 0 Å². The van der Waals surface area contributed by atoms with Gasteiger partial charge in [0.05, 0.1) is 12.6 Å². The molecule has 4 rings (SSSR count). The van der Waals surface area contributed by atoms with E-state index in [9.17, 15) is 4.79 Å². The Bertz CT molecular complexity index is 554. The quantitative estimate of drug-likeness (QED) is 0.566. The van der Waals surface area contributed by atoms with Crippen LogP contribution < -0.4 is 5.32 Å². The molecule has 1 aliphatic heterocycles. The van der Waals surface area contributed by atoms with Crippen molar-refractivity contribution >= 4 is 5.78 Å². The number of ketones is 1. The van der Waals surface area contributed by atoms with Gasteiger partial charge >= 0.3 is 0 Å². The number of carbonyl (C=O) groups is 1. The Morgan fingerprint density at radius 3 is 2.60 bits per heavy atom. The normalized spacial score (nSPS) is 32.9. The highest BCUT2D eigenvalue weighted by Crippen LogP contribution is 2.56. The minimum atomic E-state index is 0.115. The molecule has 0 spiro atoms. The first-order valence-electron chi connectivity index (χ1n) is 9.58. The van der Waals surface area contributed by atoms with E-state index in [1.54, 1.807) is 6.08 Å². The van der Waals surface area contributed by atoms with Gasteiger partial charge in [-0.15, -0.1) is 0 Å². The molecule has 3 saturated carbocycles. The Balaban J connectivity index is 1.44. The van der Waals surface area contributed by atoms with Crippen molar-refractivity contribution in [3.05, 3.63) is 23.6 Å². The lowest BCUT2D eigenvalue weighted by Crippen LogP contribution is -2.66. The second kappa shape index (κ2) is 7.19. The lowest BCUT2D eigenvalue weighted by Gasteiger charge is -2.62. The van der Waals surface area contributed by atoms with Crippen molar-refractivity contribution < 1.29 is 4.79 Å². The summed E-state index contributed by atoms with van der Waals surface area (Å²) in [6.07, 6.45) is 7.67. The van der Waals surface area contributed by atoms with Gasteiger partial charge in [0.25, 0.3) is 0 Å². The van der Waals surface area contributed by atoms with Crippen LogP contribution in [-0.2, 0) is 4.79 Å². The Hall–Kier alpha value is -1.22. The molecule has 5 heteroatoms. The van der Waals surface area contributed by atoms with Crippen molar-refractivity contribution in [2.45, 2.75) is 57.2 Å². The van der Waals surface area contributed by atoms with Crippen molar-refractivity contribution in [1.82, 2.24) is 15.1 Å². The lowest BCUT2D eigenvalue weighted by molar-refractivity contribution is -0.117. The highest BCUT2D eigenvalue weighted by molar-refractivity contribution is 5.91. The lowest BCUT2D eigenvalue weighted by atomic mass is 9.50. The molecule has 0 aromatic heterocycles. The predicted octanol–water partition coefficient (Wildman–Crippen LogP) is 1.96. The molecular weight excluding hydrogens is 312 g/mol. The Labute approximate surface area is 152 Å². The fraction of sp³-hybridized carbons (Fsp3) is 0.800. The standard InChI is InChI=1S/C20H32N4O/c1-19(2,3)24-9-8-23(17(14-24)13-21-4)15-18(25)6-5-7-22-20-10-16(11-20)12-20/h5-6,16-17,22H,7-15H2,1-3H3/b6-5+/t16?,17-,20?/m0/s1. The molecule has 5 nitrogen and oxygen atoms in total. The first-order valence-corrected chi connectivity index (χ1v) is 9.58. The number of hydrogen-bond donors (Lipinski definition) is 1. The van der Waals surface area contributed by atoms with Gasteiger partial charge in [0.1, 0.15) is 0 Å². The van der Waals surface area contributed by atoms with Crippen molar-refractivity contribution in [2.75, 3.05) is 39.3 Å². The fourth-order valence-corrected chi connectivity index (χ4v) is 4.40. The van der Waals surface area contributed by atoms with Crippen molar-refractivity contribution in [2.24, 2.45) is 5.92 Å². The largest absolute Gasteiger partial charge is 0.315 e. The molecule has 1 heterocycles. The SMILES string of the molecule is [C-]#[N+]C[C@H]1CN(C(C)(C)C)CCN1CC(=O)/C=C/CNC12CC(C1)C2. The first-order chi connectivity index (χ1) is 11.8. The van der Waals surface area contributed by atoms with Crippen LogP contribution in [0.2, 0.25) is 0 Å². The van der Waals surface area contributed by atoms with Crippen LogP contribution >= 0.6 is 0 Å². The summed E-state index contributed by atoms with van der Waals surface area (Å²) in [7, 11) is 0. The summed E-state index contributed by atoms with van der Waals surface area (Å²) in [5.74, 6) is 1.13. The molecule has 1 atom stereocenters. The second-order valence-corrected chi connectivity index (χ2v) is 9.09. The molecule has 3 aliphatic carbocycles. The van der Waals surface area contributed by atoms with E-state index in [0.717, 1.165) is 32.1 Å². The Morgan fingerprint density at radius 2 is 2.04 bits per heavy atom. The summed E-state index contributed by atoms with van der Waals surface area (Å²) in [5.41, 5.74) is 0.533. The maximum Gasteiger partial charge on any atom is 0.231 e. The van der Waals surface area contributed by atoms with Gasteiger partial charge in [-0.05, 0) is 52.0 Å². The maximum atomic E-state index is 12.3. The van der Waals surface area contributed by atoms with Crippen LogP contribution in [0, 0.1) is 12.5 Å². The summed E-state index contributed by atoms with van der Waals surface area (Å²) in [5, 5.41) is 3.57. The van der Waals surface area contributed by atoms with Crippen LogP contribution in [0.3, 0.4) is 0 Å². The van der Waals surface area contributed by atoms with Gasteiger partial charge in [0, 0.05) is 37.3 Å². The summed E-state index contributed by atoms with van der Waals surface area (Å²) in [6.45, 7) is 18.2. The van der Waals surface area contributed by atoms with E-state index in [4.69, 9.17) is 6.57 Å². The molecule has 138 valence electrons. The minimum Gasteiger partial charge on any atom is -0.315 e. The van der Waals surface area contributed by atoms with E-state index in [1.165, 1.54) is 19.3 Å². The summed E-state index contributed by atoms with van der Waals surface area (Å²) in [4.78, 5) is 20.5. The summed E-state index contributed by atoms with van der Waals surface area (Å²) >= 11 is 0. The summed E-state index contributed by atoms with van der Waals surface area (Å²) < 4.78 is 0. The highest BCUT2D eigenvalue weighted by atomic mass is 16.1. The highest BCUT2D eigenvalue weighted by Gasteiger charge is 2.55. The Morgan fingerprint density at radius 1 is 1.32 bits per heavy atom. The predicted molar refractivity (Wildman–Crippen MR) is 100 cm³/mol. The van der Waals surface area contributed by atoms with Crippen LogP contribution in [0.1, 0.15) is 40.0 Å². The third-order valence-corrected chi connectivity index (χ3v) is 6.15. The van der Waals surface area contributed by atoms with Crippen LogP contribution in [0.15, 0.2) is 12.2 Å². The van der Waals surface area contributed by atoms with E-state index in [0.29, 0.717) is 18.6 Å². The average molecular weight is 345 g/mol. The number of rotatable bonds is 7. The molecule has 4 fully saturated rings. The van der Waals surface area contributed by atoms with Gasteiger partial charge in [0.15, 0.2) is 5.78 Å². The number of carbonyl (C=O) groups excluding carboxylic acids is 1. The van der Waals surface area contributed by atoms with Crippen LogP contribution in [0.5, 0.6) is 0 Å². The molecule has 0 amide bonds. The fourth-order valence-electron chi connectivity index (χ4n) is 4.40. The molecule has 0 aromatic carbocycles. The van der Waals surface area contributed by atoms with E-state index in [1.807, 2.05) is 6.08 Å². The van der Waals surface area contributed by atoms with Gasteiger partial charge in [-0.3, -0.25) is 14.6 Å². The third kappa shape index (κ3) is 4.31. The number of nitrogens with one attached hydrogen (secondary N) is 1. The van der Waals surface area contributed by atoms with Crippen molar-refractivity contribution in [3.63, 3.8) is 0 Å². The zero-order valence-corrected chi connectivity index (χ0v) is 15.9. The van der Waals surface area contributed by atoms with Gasteiger partial charge in [-0.2, -0.15) is 0 Å². The van der Waals surface area contributed by atoms with Crippen LogP contribution in [0.4, 0.5) is 0 Å². The monoisotopic (exact) mass is 344 g/mol. The number of nitrogens with zero attached hydrogens (tertiary/aromatic N) is 3. The Kier molecular flexibility index (Phi) is 5.34. The molecular formula is C20H32N4O. The maximum absolute atomic E-state index is 12.3. The second-order valence-electron chi connectivity index (χ2n) is 9.09. The van der Waals surface area contributed by atoms with Crippen LogP contribution in [-0.4, -0.2) is 72.0 Å². The van der Waals surface area contributed by atoms with E-state index in [-0.39, 0.29) is 17.4 Å². The van der Waals surface area contributed by atoms with Crippen LogP contribution in [0.25, 0.3) is 4.85 Å². The molecule has 4 aliphatic rings. The first kappa shape index (κ1) is 18.6. The number of hydrogen-bond acceptors (Lipinski definition) is 4. The summed E-state index contributed by atoms with van der Waals surface area (Å²) in [6, 6.07) is 0.154. The van der Waals surface area contributed by atoms with Gasteiger partial charge in [-0.25, -0.2) is 6.57 Å². The molecule has 1 N–H and O–H groups in total. The zero-order chi connectivity index (χ0) is 18.1. The van der Waals surface area contributed by atoms with Gasteiger partial charge < -0.3 is 10.2 Å². The molecule has 0 aromatic rings.